The molecule has 0 atom stereocenters. The monoisotopic (exact) mass is 571 g/mol. The van der Waals surface area contributed by atoms with Crippen LogP contribution in [0, 0.1) is 5.92 Å². The third-order valence-corrected chi connectivity index (χ3v) is 11.3. The molecule has 9 heteroatoms. The summed E-state index contributed by atoms with van der Waals surface area (Å²) in [7, 11) is 0. The molecule has 4 bridgehead atoms. The van der Waals surface area contributed by atoms with E-state index >= 15 is 0 Å². The largest absolute Gasteiger partial charge is 0.350 e. The topological polar surface area (TPSA) is 87.3 Å². The number of rotatable bonds is 18. The van der Waals surface area contributed by atoms with E-state index in [2.05, 4.69) is 36.7 Å². The lowest BCUT2D eigenvalue weighted by Gasteiger charge is -2.66. The Morgan fingerprint density at radius 3 is 1.14 bits per heavy atom. The van der Waals surface area contributed by atoms with Crippen molar-refractivity contribution in [3.05, 3.63) is 0 Å². The first-order valence-electron chi connectivity index (χ1n) is 14.4. The average molecular weight is 572 g/mol. The Labute approximate surface area is 237 Å². The second-order valence-corrected chi connectivity index (χ2v) is 15.3. The molecule has 4 aliphatic rings. The summed E-state index contributed by atoms with van der Waals surface area (Å²) in [5, 5.41) is 10.4. The number of hydrogen-bond donors (Lipinski definition) is 3. The number of carbonyl (C=O) groups is 3. The second-order valence-electron chi connectivity index (χ2n) is 11.6. The first-order chi connectivity index (χ1) is 17.8. The molecule has 4 rings (SSSR count). The van der Waals surface area contributed by atoms with Crippen LogP contribution in [0.4, 0.5) is 0 Å². The van der Waals surface area contributed by atoms with Gasteiger partial charge in [-0.3, -0.25) is 14.4 Å². The molecule has 37 heavy (non-hydrogen) atoms. The van der Waals surface area contributed by atoms with Crippen molar-refractivity contribution in [3.63, 3.8) is 0 Å². The number of nitrogens with one attached hydrogen (secondary N) is 3. The molecule has 0 aliphatic heterocycles. The summed E-state index contributed by atoms with van der Waals surface area (Å²) in [6.45, 7) is 6.49. The highest BCUT2D eigenvalue weighted by Gasteiger charge is 2.64. The number of carbonyl (C=O) groups excluding carboxylic acids is 3. The summed E-state index contributed by atoms with van der Waals surface area (Å²) in [6, 6.07) is 0. The van der Waals surface area contributed by atoms with Gasteiger partial charge in [-0.15, -0.1) is 0 Å². The lowest BCUT2D eigenvalue weighted by molar-refractivity contribution is -0.139. The SMILES string of the molecule is CCCSCCC(=O)NC12CC3CC(NC(=O)CCSCCC)(C1)CC(NC(=O)CCSCCC)(C3)C2. The van der Waals surface area contributed by atoms with Crippen molar-refractivity contribution in [1.82, 2.24) is 16.0 Å². The van der Waals surface area contributed by atoms with Gasteiger partial charge in [0, 0.05) is 53.1 Å². The Bertz CT molecular complexity index is 673. The fraction of sp³-hybridized carbons (Fsp3) is 0.893. The average Bonchev–Trinajstić information content (AvgIpc) is 2.80. The van der Waals surface area contributed by atoms with Gasteiger partial charge in [0.25, 0.3) is 0 Å². The first kappa shape index (κ1) is 31.0. The molecule has 4 aliphatic carbocycles. The molecule has 0 aromatic heterocycles. The van der Waals surface area contributed by atoms with Gasteiger partial charge in [0.2, 0.25) is 17.7 Å². The molecular weight excluding hydrogens is 523 g/mol. The van der Waals surface area contributed by atoms with E-state index < -0.39 is 0 Å². The van der Waals surface area contributed by atoms with Crippen LogP contribution in [0.5, 0.6) is 0 Å². The minimum Gasteiger partial charge on any atom is -0.350 e. The van der Waals surface area contributed by atoms with Gasteiger partial charge in [0.15, 0.2) is 0 Å². The van der Waals surface area contributed by atoms with Crippen molar-refractivity contribution in [3.8, 4) is 0 Å². The molecule has 0 radical (unpaired) electrons. The maximum Gasteiger partial charge on any atom is 0.221 e. The highest BCUT2D eigenvalue weighted by atomic mass is 32.2. The van der Waals surface area contributed by atoms with Gasteiger partial charge in [-0.25, -0.2) is 0 Å². The molecule has 3 amide bonds. The van der Waals surface area contributed by atoms with Crippen LogP contribution in [0.3, 0.4) is 0 Å². The Kier molecular flexibility index (Phi) is 12.3. The van der Waals surface area contributed by atoms with E-state index in [1.807, 2.05) is 35.3 Å². The van der Waals surface area contributed by atoms with E-state index in [4.69, 9.17) is 0 Å². The normalized spacial score (nSPS) is 29.8. The first-order valence-corrected chi connectivity index (χ1v) is 17.9. The van der Waals surface area contributed by atoms with Gasteiger partial charge in [0.05, 0.1) is 0 Å². The van der Waals surface area contributed by atoms with Crippen molar-refractivity contribution >= 4 is 53.0 Å². The third-order valence-electron chi connectivity index (χ3n) is 7.75. The molecule has 0 aromatic rings. The van der Waals surface area contributed by atoms with Crippen LogP contribution in [0.25, 0.3) is 0 Å². The summed E-state index contributed by atoms with van der Waals surface area (Å²) in [4.78, 5) is 39.1. The molecule has 0 heterocycles. The van der Waals surface area contributed by atoms with Crippen molar-refractivity contribution in [2.45, 2.75) is 114 Å². The minimum absolute atomic E-state index is 0.112. The zero-order valence-electron chi connectivity index (χ0n) is 23.3. The molecule has 4 fully saturated rings. The van der Waals surface area contributed by atoms with Crippen LogP contribution >= 0.6 is 35.3 Å². The van der Waals surface area contributed by atoms with Crippen LogP contribution in [-0.4, -0.2) is 68.9 Å². The molecule has 212 valence electrons. The fourth-order valence-corrected chi connectivity index (χ4v) is 9.63. The lowest BCUT2D eigenvalue weighted by atomic mass is 9.47. The Morgan fingerprint density at radius 1 is 0.568 bits per heavy atom. The minimum atomic E-state index is -0.347. The molecule has 0 spiro atoms. The van der Waals surface area contributed by atoms with Crippen LogP contribution in [0.2, 0.25) is 0 Å². The van der Waals surface area contributed by atoms with Crippen molar-refractivity contribution in [2.75, 3.05) is 34.5 Å². The van der Waals surface area contributed by atoms with E-state index in [0.29, 0.717) is 25.2 Å². The van der Waals surface area contributed by atoms with E-state index in [0.717, 1.165) is 92.3 Å². The van der Waals surface area contributed by atoms with Gasteiger partial charge in [-0.05, 0) is 81.0 Å². The van der Waals surface area contributed by atoms with Crippen LogP contribution in [-0.2, 0) is 14.4 Å². The zero-order chi connectivity index (χ0) is 26.8. The van der Waals surface area contributed by atoms with Crippen LogP contribution in [0.1, 0.15) is 97.8 Å². The summed E-state index contributed by atoms with van der Waals surface area (Å²) < 4.78 is 0. The van der Waals surface area contributed by atoms with Gasteiger partial charge < -0.3 is 16.0 Å². The second kappa shape index (κ2) is 14.7. The Morgan fingerprint density at radius 2 is 0.865 bits per heavy atom. The van der Waals surface area contributed by atoms with E-state index in [1.54, 1.807) is 0 Å². The summed E-state index contributed by atoms with van der Waals surface area (Å²) in [6.07, 6.45) is 10.1. The van der Waals surface area contributed by atoms with E-state index in [-0.39, 0.29) is 34.3 Å². The molecule has 0 unspecified atom stereocenters. The quantitative estimate of drug-likeness (QED) is 0.197. The van der Waals surface area contributed by atoms with Crippen molar-refractivity contribution in [1.29, 1.82) is 0 Å². The fourth-order valence-electron chi connectivity index (χ4n) is 7.16. The Balaban J connectivity index is 1.71. The van der Waals surface area contributed by atoms with Crippen LogP contribution in [0.15, 0.2) is 0 Å². The molecule has 0 aromatic carbocycles. The maximum atomic E-state index is 13.0. The highest BCUT2D eigenvalue weighted by Crippen LogP contribution is 2.59. The molecule has 4 saturated carbocycles. The van der Waals surface area contributed by atoms with Gasteiger partial charge >= 0.3 is 0 Å². The van der Waals surface area contributed by atoms with E-state index in [9.17, 15) is 14.4 Å². The summed E-state index contributed by atoms with van der Waals surface area (Å²) in [5.74, 6) is 6.50. The third kappa shape index (κ3) is 9.26. The predicted molar refractivity (Wildman–Crippen MR) is 161 cm³/mol. The summed E-state index contributed by atoms with van der Waals surface area (Å²) in [5.41, 5.74) is -1.04. The molecule has 0 saturated heterocycles. The molecule has 6 nitrogen and oxygen atoms in total. The smallest absolute Gasteiger partial charge is 0.221 e. The van der Waals surface area contributed by atoms with Gasteiger partial charge in [-0.2, -0.15) is 35.3 Å². The lowest BCUT2D eigenvalue weighted by Crippen LogP contribution is -2.77. The zero-order valence-corrected chi connectivity index (χ0v) is 25.7. The summed E-state index contributed by atoms with van der Waals surface area (Å²) >= 11 is 5.50. The van der Waals surface area contributed by atoms with Crippen molar-refractivity contribution in [2.24, 2.45) is 5.92 Å². The van der Waals surface area contributed by atoms with E-state index in [1.165, 1.54) is 0 Å². The molecular formula is C28H49N3O3S3. The van der Waals surface area contributed by atoms with Crippen LogP contribution < -0.4 is 16.0 Å². The van der Waals surface area contributed by atoms with Gasteiger partial charge in [-0.1, -0.05) is 20.8 Å². The standard InChI is InChI=1S/C28H49N3O3S3/c1-4-10-35-13-7-23(32)29-26-16-22-17-27(19-26,30-24(33)8-14-36-11-5-2)21-28(18-22,20-26)31-25(34)9-15-37-12-6-3/h22H,4-21H2,1-3H3,(H,29,32)(H,30,33)(H,31,34). The van der Waals surface area contributed by atoms with Gasteiger partial charge in [0.1, 0.15) is 0 Å². The Hall–Kier alpha value is -0.540. The number of thioether (sulfide) groups is 3. The highest BCUT2D eigenvalue weighted by molar-refractivity contribution is 7.99. The number of hydrogen-bond acceptors (Lipinski definition) is 6. The van der Waals surface area contributed by atoms with Crippen molar-refractivity contribution < 1.29 is 14.4 Å². The maximum absolute atomic E-state index is 13.0. The molecule has 3 N–H and O–H groups in total. The number of amides is 3. The predicted octanol–water partition coefficient (Wildman–Crippen LogP) is 5.15.